The van der Waals surface area contributed by atoms with Gasteiger partial charge in [-0.3, -0.25) is 4.79 Å². The van der Waals surface area contributed by atoms with E-state index < -0.39 is 0 Å². The van der Waals surface area contributed by atoms with Gasteiger partial charge in [-0.05, 0) is 26.2 Å². The molecule has 0 radical (unpaired) electrons. The zero-order valence-electron chi connectivity index (χ0n) is 9.34. The van der Waals surface area contributed by atoms with Gasteiger partial charge in [0.15, 0.2) is 0 Å². The number of amides is 1. The molecule has 4 nitrogen and oxygen atoms in total. The minimum atomic E-state index is -0.134. The van der Waals surface area contributed by atoms with Gasteiger partial charge < -0.3 is 15.4 Å². The Hall–Kier alpha value is -0.610. The lowest BCUT2D eigenvalue weighted by molar-refractivity contribution is -0.129. The predicted octanol–water partition coefficient (Wildman–Crippen LogP) is 0.281. The van der Waals surface area contributed by atoms with Crippen LogP contribution in [0.1, 0.15) is 26.2 Å². The maximum atomic E-state index is 11.6. The first kappa shape index (κ1) is 10.9. The van der Waals surface area contributed by atoms with E-state index in [9.17, 15) is 4.79 Å². The smallest absolute Gasteiger partial charge is 0.225 e. The van der Waals surface area contributed by atoms with Gasteiger partial charge in [0.2, 0.25) is 5.91 Å². The van der Waals surface area contributed by atoms with Crippen LogP contribution in [0.2, 0.25) is 0 Å². The van der Waals surface area contributed by atoms with Crippen LogP contribution in [0.15, 0.2) is 0 Å². The number of nitrogens with one attached hydrogen (secondary N) is 2. The van der Waals surface area contributed by atoms with Crippen LogP contribution in [0.4, 0.5) is 0 Å². The Morgan fingerprint density at radius 2 is 2.33 bits per heavy atom. The summed E-state index contributed by atoms with van der Waals surface area (Å²) in [6, 6.07) is 0. The summed E-state index contributed by atoms with van der Waals surface area (Å²) < 4.78 is 5.72. The number of hydrogen-bond donors (Lipinski definition) is 2. The van der Waals surface area contributed by atoms with E-state index in [1.807, 2.05) is 0 Å². The van der Waals surface area contributed by atoms with Crippen molar-refractivity contribution in [2.45, 2.75) is 31.8 Å². The van der Waals surface area contributed by atoms with Gasteiger partial charge in [0.05, 0.1) is 11.5 Å². The molecule has 2 N–H and O–H groups in total. The lowest BCUT2D eigenvalue weighted by Crippen LogP contribution is -2.53. The molecule has 0 aromatic carbocycles. The van der Waals surface area contributed by atoms with Crippen molar-refractivity contribution in [3.8, 4) is 0 Å². The molecule has 0 aromatic heterocycles. The first-order valence-corrected chi connectivity index (χ1v) is 5.82. The Balaban J connectivity index is 1.73. The number of carbonyl (C=O) groups excluding carboxylic acids is 1. The molecule has 0 saturated carbocycles. The molecule has 15 heavy (non-hydrogen) atoms. The summed E-state index contributed by atoms with van der Waals surface area (Å²) in [6.07, 6.45) is 3.41. The quantitative estimate of drug-likeness (QED) is 0.706. The summed E-state index contributed by atoms with van der Waals surface area (Å²) in [5, 5.41) is 6.09. The van der Waals surface area contributed by atoms with Gasteiger partial charge >= 0.3 is 0 Å². The van der Waals surface area contributed by atoms with E-state index in [-0.39, 0.29) is 17.4 Å². The van der Waals surface area contributed by atoms with Crippen molar-refractivity contribution in [3.63, 3.8) is 0 Å². The number of hydrogen-bond acceptors (Lipinski definition) is 3. The van der Waals surface area contributed by atoms with Gasteiger partial charge in [0, 0.05) is 26.2 Å². The topological polar surface area (TPSA) is 50.4 Å². The van der Waals surface area contributed by atoms with E-state index in [1.165, 1.54) is 6.42 Å². The molecule has 0 spiro atoms. The zero-order chi connectivity index (χ0) is 10.7. The van der Waals surface area contributed by atoms with Crippen molar-refractivity contribution < 1.29 is 9.53 Å². The highest BCUT2D eigenvalue weighted by molar-refractivity contribution is 5.80. The van der Waals surface area contributed by atoms with Crippen molar-refractivity contribution in [1.29, 1.82) is 0 Å². The Kier molecular flexibility index (Phi) is 3.26. The van der Waals surface area contributed by atoms with Crippen LogP contribution in [0.3, 0.4) is 0 Å². The average molecular weight is 212 g/mol. The van der Waals surface area contributed by atoms with Crippen molar-refractivity contribution in [2.24, 2.45) is 5.92 Å². The molecular formula is C11H20N2O2. The van der Waals surface area contributed by atoms with Crippen LogP contribution in [0.5, 0.6) is 0 Å². The average Bonchev–Trinajstić information content (AvgIpc) is 2.14. The Bertz CT molecular complexity index is 233. The molecule has 0 aliphatic carbocycles. The summed E-state index contributed by atoms with van der Waals surface area (Å²) in [5.74, 6) is 0.348. The van der Waals surface area contributed by atoms with Crippen molar-refractivity contribution in [3.05, 3.63) is 0 Å². The Morgan fingerprint density at radius 1 is 1.53 bits per heavy atom. The van der Waals surface area contributed by atoms with Crippen LogP contribution in [-0.4, -0.2) is 37.7 Å². The zero-order valence-corrected chi connectivity index (χ0v) is 9.34. The lowest BCUT2D eigenvalue weighted by Gasteiger charge is -2.35. The van der Waals surface area contributed by atoms with Gasteiger partial charge in [0.1, 0.15) is 0 Å². The molecule has 2 heterocycles. The third-order valence-corrected chi connectivity index (χ3v) is 3.34. The fourth-order valence-corrected chi connectivity index (χ4v) is 2.02. The minimum Gasteiger partial charge on any atom is -0.373 e. The van der Waals surface area contributed by atoms with E-state index in [4.69, 9.17) is 4.74 Å². The van der Waals surface area contributed by atoms with E-state index in [0.29, 0.717) is 6.54 Å². The third-order valence-electron chi connectivity index (χ3n) is 3.34. The van der Waals surface area contributed by atoms with Gasteiger partial charge in [-0.15, -0.1) is 0 Å². The molecule has 1 amide bonds. The highest BCUT2D eigenvalue weighted by Crippen LogP contribution is 2.23. The van der Waals surface area contributed by atoms with Gasteiger partial charge in [0.25, 0.3) is 0 Å². The summed E-state index contributed by atoms with van der Waals surface area (Å²) >= 11 is 0. The van der Waals surface area contributed by atoms with Crippen LogP contribution in [0.25, 0.3) is 0 Å². The minimum absolute atomic E-state index is 0.134. The highest BCUT2D eigenvalue weighted by atomic mass is 16.5. The maximum Gasteiger partial charge on any atom is 0.225 e. The highest BCUT2D eigenvalue weighted by Gasteiger charge is 2.30. The van der Waals surface area contributed by atoms with Crippen molar-refractivity contribution in [2.75, 3.05) is 26.2 Å². The summed E-state index contributed by atoms with van der Waals surface area (Å²) in [6.45, 7) is 5.22. The molecule has 4 heteroatoms. The maximum absolute atomic E-state index is 11.6. The molecular weight excluding hydrogens is 192 g/mol. The molecule has 2 aliphatic heterocycles. The van der Waals surface area contributed by atoms with E-state index in [2.05, 4.69) is 17.6 Å². The lowest BCUT2D eigenvalue weighted by atomic mass is 9.95. The van der Waals surface area contributed by atoms with E-state index in [0.717, 1.165) is 32.5 Å². The summed E-state index contributed by atoms with van der Waals surface area (Å²) in [4.78, 5) is 11.6. The number of ether oxygens (including phenoxy) is 1. The van der Waals surface area contributed by atoms with Crippen LogP contribution >= 0.6 is 0 Å². The van der Waals surface area contributed by atoms with Crippen LogP contribution in [-0.2, 0) is 9.53 Å². The molecule has 2 aliphatic rings. The van der Waals surface area contributed by atoms with Crippen molar-refractivity contribution >= 4 is 5.91 Å². The van der Waals surface area contributed by atoms with Gasteiger partial charge in [-0.1, -0.05) is 0 Å². The summed E-state index contributed by atoms with van der Waals surface area (Å²) in [5.41, 5.74) is -0.134. The second-order valence-electron chi connectivity index (χ2n) is 4.83. The molecule has 0 aromatic rings. The molecule has 1 atom stereocenters. The monoisotopic (exact) mass is 212 g/mol. The first-order chi connectivity index (χ1) is 7.20. The summed E-state index contributed by atoms with van der Waals surface area (Å²) in [7, 11) is 0. The number of rotatable bonds is 3. The standard InChI is InChI=1S/C11H20N2O2/c1-11(4-2-3-5-15-11)8-13-10(14)9-6-12-7-9/h9,12H,2-8H2,1H3,(H,13,14). The Morgan fingerprint density at radius 3 is 2.87 bits per heavy atom. The molecule has 2 fully saturated rings. The molecule has 2 saturated heterocycles. The van der Waals surface area contributed by atoms with Crippen LogP contribution < -0.4 is 10.6 Å². The molecule has 2 rings (SSSR count). The fraction of sp³-hybridized carbons (Fsp3) is 0.909. The molecule has 0 bridgehead atoms. The van der Waals surface area contributed by atoms with Crippen molar-refractivity contribution in [1.82, 2.24) is 10.6 Å². The first-order valence-electron chi connectivity index (χ1n) is 5.82. The molecule has 1 unspecified atom stereocenters. The number of carbonyl (C=O) groups is 1. The normalized spacial score (nSPS) is 32.1. The van der Waals surface area contributed by atoms with E-state index in [1.54, 1.807) is 0 Å². The predicted molar refractivity (Wildman–Crippen MR) is 57.6 cm³/mol. The van der Waals surface area contributed by atoms with Gasteiger partial charge in [-0.2, -0.15) is 0 Å². The Labute approximate surface area is 90.8 Å². The van der Waals surface area contributed by atoms with Gasteiger partial charge in [-0.25, -0.2) is 0 Å². The molecule has 86 valence electrons. The third kappa shape index (κ3) is 2.69. The second-order valence-corrected chi connectivity index (χ2v) is 4.83. The van der Waals surface area contributed by atoms with E-state index >= 15 is 0 Å². The second kappa shape index (κ2) is 4.49. The van der Waals surface area contributed by atoms with Crippen LogP contribution in [0, 0.1) is 5.92 Å². The fourth-order valence-electron chi connectivity index (χ4n) is 2.02. The SMILES string of the molecule is CC1(CNC(=O)C2CNC2)CCCCO1. The largest absolute Gasteiger partial charge is 0.373 e.